The zero-order valence-corrected chi connectivity index (χ0v) is 24.0. The summed E-state index contributed by atoms with van der Waals surface area (Å²) in [6, 6.07) is 1.18. The number of ether oxygens (including phenoxy) is 1. The molecule has 36 heavy (non-hydrogen) atoms. The fraction of sp³-hybridized carbons (Fsp3) is 0.640. The van der Waals surface area contributed by atoms with Crippen molar-refractivity contribution in [2.24, 2.45) is 11.7 Å². The predicted octanol–water partition coefficient (Wildman–Crippen LogP) is 4.00. The van der Waals surface area contributed by atoms with Gasteiger partial charge in [0.05, 0.1) is 22.7 Å². The van der Waals surface area contributed by atoms with Gasteiger partial charge in [0.15, 0.2) is 5.78 Å². The minimum Gasteiger partial charge on any atom is -0.444 e. The highest BCUT2D eigenvalue weighted by Gasteiger charge is 2.35. The van der Waals surface area contributed by atoms with Crippen molar-refractivity contribution in [3.63, 3.8) is 0 Å². The highest BCUT2D eigenvalue weighted by Crippen LogP contribution is 2.25. The number of amides is 2. The van der Waals surface area contributed by atoms with E-state index >= 15 is 0 Å². The van der Waals surface area contributed by atoms with Gasteiger partial charge >= 0.3 is 6.09 Å². The molecule has 0 unspecified atom stereocenters. The molecule has 0 bridgehead atoms. The number of ketones is 1. The molecule has 0 radical (unpaired) electrons. The van der Waals surface area contributed by atoms with E-state index in [0.717, 1.165) is 0 Å². The van der Waals surface area contributed by atoms with E-state index in [1.807, 2.05) is 26.2 Å². The normalized spacial score (nSPS) is 14.6. The second-order valence-electron chi connectivity index (χ2n) is 10.1. The summed E-state index contributed by atoms with van der Waals surface area (Å²) in [6.07, 6.45) is 2.99. The number of carbonyl (C=O) groups excluding carboxylic acids is 3. The molecule has 9 nitrogen and oxygen atoms in total. The first-order chi connectivity index (χ1) is 16.7. The Balaban J connectivity index is 2.92. The van der Waals surface area contributed by atoms with Gasteiger partial charge < -0.3 is 26.1 Å². The fourth-order valence-electron chi connectivity index (χ4n) is 3.36. The standard InChI is InChI=1S/C25H42ClN5O4S/c1-17(2)25(6,30-22(33)18-11-13-36-16-18)21(27)15-31(28-7)19(20(32)14-26)10-8-9-12-29-23(34)35-24(3,4)5/h11,13,15-17,19,28H,8-10,12,14,27H2,1-7H3,(H,29,34)(H,30,33)/b21-15-/t19-,25-/m0/s1. The molecule has 0 saturated carbocycles. The molecule has 1 rings (SSSR count). The van der Waals surface area contributed by atoms with Crippen LogP contribution < -0.4 is 21.8 Å². The van der Waals surface area contributed by atoms with Gasteiger partial charge in [-0.25, -0.2) is 10.2 Å². The predicted molar refractivity (Wildman–Crippen MR) is 146 cm³/mol. The van der Waals surface area contributed by atoms with Crippen LogP contribution in [-0.2, 0) is 9.53 Å². The smallest absolute Gasteiger partial charge is 0.407 e. The third-order valence-electron chi connectivity index (χ3n) is 5.86. The van der Waals surface area contributed by atoms with Gasteiger partial charge in [-0.05, 0) is 64.3 Å². The van der Waals surface area contributed by atoms with Crippen LogP contribution in [0.4, 0.5) is 4.79 Å². The first-order valence-corrected chi connectivity index (χ1v) is 13.6. The molecule has 0 aliphatic heterocycles. The maximum Gasteiger partial charge on any atom is 0.407 e. The van der Waals surface area contributed by atoms with Crippen LogP contribution in [0.15, 0.2) is 28.7 Å². The van der Waals surface area contributed by atoms with Crippen molar-refractivity contribution in [2.75, 3.05) is 19.5 Å². The van der Waals surface area contributed by atoms with E-state index in [0.29, 0.717) is 37.1 Å². The van der Waals surface area contributed by atoms with Crippen LogP contribution in [-0.4, -0.2) is 59.4 Å². The van der Waals surface area contributed by atoms with Crippen LogP contribution in [0.1, 0.15) is 71.2 Å². The van der Waals surface area contributed by atoms with E-state index in [1.165, 1.54) is 11.3 Å². The molecule has 0 fully saturated rings. The molecule has 0 aliphatic rings. The minimum atomic E-state index is -0.861. The number of nitrogens with two attached hydrogens (primary N) is 1. The molecule has 204 valence electrons. The van der Waals surface area contributed by atoms with Crippen molar-refractivity contribution < 1.29 is 19.1 Å². The molecule has 5 N–H and O–H groups in total. The Labute approximate surface area is 224 Å². The summed E-state index contributed by atoms with van der Waals surface area (Å²) in [5, 5.41) is 11.0. The number of nitrogens with zero attached hydrogens (tertiary/aromatic N) is 1. The van der Waals surface area contributed by atoms with Crippen LogP contribution in [0.2, 0.25) is 0 Å². The zero-order chi connectivity index (χ0) is 27.5. The van der Waals surface area contributed by atoms with E-state index in [-0.39, 0.29) is 23.5 Å². The third kappa shape index (κ3) is 9.99. The summed E-state index contributed by atoms with van der Waals surface area (Å²) < 4.78 is 5.23. The maximum atomic E-state index is 12.8. The molecule has 2 amide bonds. The molecule has 2 atom stereocenters. The van der Waals surface area contributed by atoms with Crippen molar-refractivity contribution in [2.45, 2.75) is 78.0 Å². The molecular formula is C25H42ClN5O4S. The zero-order valence-electron chi connectivity index (χ0n) is 22.4. The average molecular weight is 544 g/mol. The topological polar surface area (TPSA) is 126 Å². The second kappa shape index (κ2) is 14.4. The Bertz CT molecular complexity index is 886. The van der Waals surface area contributed by atoms with Gasteiger partial charge in [-0.1, -0.05) is 13.8 Å². The number of hydrogen-bond donors (Lipinski definition) is 4. The molecule has 0 aromatic carbocycles. The first-order valence-electron chi connectivity index (χ1n) is 12.1. The number of hydrogen-bond acceptors (Lipinski definition) is 8. The van der Waals surface area contributed by atoms with Gasteiger partial charge in [-0.2, -0.15) is 11.3 Å². The molecule has 0 spiro atoms. The quantitative estimate of drug-likeness (QED) is 0.159. The lowest BCUT2D eigenvalue weighted by molar-refractivity contribution is -0.122. The van der Waals surface area contributed by atoms with Gasteiger partial charge in [0.25, 0.3) is 5.91 Å². The Morgan fingerprint density at radius 2 is 1.89 bits per heavy atom. The van der Waals surface area contributed by atoms with Crippen LogP contribution in [0.5, 0.6) is 0 Å². The van der Waals surface area contributed by atoms with Crippen molar-refractivity contribution in [1.82, 2.24) is 21.1 Å². The summed E-state index contributed by atoms with van der Waals surface area (Å²) in [7, 11) is 1.69. The summed E-state index contributed by atoms with van der Waals surface area (Å²) in [5.41, 5.74) is 9.10. The van der Waals surface area contributed by atoms with Crippen LogP contribution >= 0.6 is 22.9 Å². The summed E-state index contributed by atoms with van der Waals surface area (Å²) in [6.45, 7) is 11.6. The van der Waals surface area contributed by atoms with Crippen LogP contribution in [0.25, 0.3) is 0 Å². The van der Waals surface area contributed by atoms with E-state index < -0.39 is 23.3 Å². The number of thiophene rings is 1. The van der Waals surface area contributed by atoms with Crippen molar-refractivity contribution in [1.29, 1.82) is 0 Å². The lowest BCUT2D eigenvalue weighted by Crippen LogP contribution is -2.55. The SMILES string of the molecule is CNN(/C=C(\N)[C@@](C)(NC(=O)c1ccsc1)C(C)C)[C@@H](CCCCNC(=O)OC(C)(C)C)C(=O)CCl. The third-order valence-corrected chi connectivity index (χ3v) is 6.81. The number of unbranched alkanes of at least 4 members (excludes halogenated alkanes) is 1. The number of nitrogens with one attached hydrogen (secondary N) is 3. The minimum absolute atomic E-state index is 0.0313. The molecule has 0 aliphatic carbocycles. The van der Waals surface area contributed by atoms with Crippen LogP contribution in [0.3, 0.4) is 0 Å². The summed E-state index contributed by atoms with van der Waals surface area (Å²) in [4.78, 5) is 37.3. The lowest BCUT2D eigenvalue weighted by atomic mass is 9.85. The summed E-state index contributed by atoms with van der Waals surface area (Å²) in [5.74, 6) is -0.561. The van der Waals surface area contributed by atoms with Gasteiger partial charge in [0, 0.05) is 25.2 Å². The average Bonchev–Trinajstić information content (AvgIpc) is 3.33. The molecule has 11 heteroatoms. The number of carbonyl (C=O) groups is 3. The Morgan fingerprint density at radius 1 is 1.22 bits per heavy atom. The van der Waals surface area contributed by atoms with E-state index in [4.69, 9.17) is 22.1 Å². The molecule has 1 aromatic heterocycles. The number of halogens is 1. The molecular weight excluding hydrogens is 502 g/mol. The highest BCUT2D eigenvalue weighted by atomic mass is 35.5. The van der Waals surface area contributed by atoms with Crippen LogP contribution in [0, 0.1) is 5.92 Å². The molecule has 1 heterocycles. The lowest BCUT2D eigenvalue weighted by Gasteiger charge is -2.37. The number of alkyl carbamates (subject to hydrolysis) is 1. The Morgan fingerprint density at radius 3 is 2.39 bits per heavy atom. The van der Waals surface area contributed by atoms with Crippen molar-refractivity contribution in [3.05, 3.63) is 34.3 Å². The molecule has 1 aromatic rings. The fourth-order valence-corrected chi connectivity index (χ4v) is 4.17. The van der Waals surface area contributed by atoms with Crippen molar-refractivity contribution >= 4 is 40.7 Å². The summed E-state index contributed by atoms with van der Waals surface area (Å²) >= 11 is 7.35. The van der Waals surface area contributed by atoms with Gasteiger partial charge in [0.1, 0.15) is 11.6 Å². The van der Waals surface area contributed by atoms with E-state index in [9.17, 15) is 14.4 Å². The number of rotatable bonds is 14. The Kier molecular flexibility index (Phi) is 12.7. The highest BCUT2D eigenvalue weighted by molar-refractivity contribution is 7.08. The Hall–Kier alpha value is -2.30. The number of alkyl halides is 1. The van der Waals surface area contributed by atoms with E-state index in [1.54, 1.807) is 50.5 Å². The number of Topliss-reactive ketones (excluding diaryl/α,β-unsaturated/α-hetero) is 1. The first kappa shape index (κ1) is 31.7. The number of hydrazine groups is 1. The van der Waals surface area contributed by atoms with E-state index in [2.05, 4.69) is 16.1 Å². The molecule has 0 saturated heterocycles. The largest absolute Gasteiger partial charge is 0.444 e. The van der Waals surface area contributed by atoms with Gasteiger partial charge in [-0.3, -0.25) is 9.59 Å². The van der Waals surface area contributed by atoms with Gasteiger partial charge in [-0.15, -0.1) is 11.6 Å². The van der Waals surface area contributed by atoms with Crippen molar-refractivity contribution in [3.8, 4) is 0 Å². The second-order valence-corrected chi connectivity index (χ2v) is 11.1. The van der Waals surface area contributed by atoms with Gasteiger partial charge in [0.2, 0.25) is 0 Å². The maximum absolute atomic E-state index is 12.8. The monoisotopic (exact) mass is 543 g/mol.